The first-order chi connectivity index (χ1) is 15.7. The van der Waals surface area contributed by atoms with Crippen LogP contribution in [0.5, 0.6) is 0 Å². The van der Waals surface area contributed by atoms with Crippen LogP contribution in [0.4, 0.5) is 0 Å². The highest BCUT2D eigenvalue weighted by molar-refractivity contribution is 6.74. The Bertz CT molecular complexity index is 714. The van der Waals surface area contributed by atoms with Gasteiger partial charge in [0.05, 0.1) is 19.3 Å². The van der Waals surface area contributed by atoms with Crippen molar-refractivity contribution >= 4 is 8.32 Å². The second-order valence-electron chi connectivity index (χ2n) is 10.4. The molecule has 186 valence electrons. The highest BCUT2D eigenvalue weighted by Crippen LogP contribution is 2.38. The predicted molar refractivity (Wildman–Crippen MR) is 145 cm³/mol. The molecule has 0 saturated carbocycles. The standard InChI is InChI=1S/C29H48O3Si/c1-26(24-30)18-15-16-22-28(32-33(5,6)29(2,3)4)21-14-9-7-8-10-17-23-31-25-27-19-12-11-13-20-27/h7,9,11-14,18-21,28,30H,8,10,15-17,22-25H2,1-6H3. The van der Waals surface area contributed by atoms with E-state index in [0.717, 1.165) is 50.7 Å². The average Bonchev–Trinajstić information content (AvgIpc) is 2.77. The first-order valence-electron chi connectivity index (χ1n) is 12.5. The lowest BCUT2D eigenvalue weighted by Gasteiger charge is -2.38. The van der Waals surface area contributed by atoms with E-state index in [1.807, 2.05) is 25.1 Å². The van der Waals surface area contributed by atoms with E-state index in [0.29, 0.717) is 6.61 Å². The zero-order valence-electron chi connectivity index (χ0n) is 22.0. The molecule has 1 rings (SSSR count). The molecule has 4 heteroatoms. The van der Waals surface area contributed by atoms with Gasteiger partial charge in [0.2, 0.25) is 0 Å². The third-order valence-corrected chi connectivity index (χ3v) is 10.8. The van der Waals surface area contributed by atoms with Crippen molar-refractivity contribution in [3.05, 3.63) is 71.8 Å². The number of hydrogen-bond acceptors (Lipinski definition) is 3. The van der Waals surface area contributed by atoms with E-state index < -0.39 is 8.32 Å². The van der Waals surface area contributed by atoms with E-state index in [1.54, 1.807) is 0 Å². The van der Waals surface area contributed by atoms with Gasteiger partial charge in [-0.3, -0.25) is 0 Å². The number of rotatable bonds is 16. The zero-order valence-corrected chi connectivity index (χ0v) is 23.0. The second kappa shape index (κ2) is 16.2. The minimum absolute atomic E-state index is 0.143. The minimum Gasteiger partial charge on any atom is -0.411 e. The first-order valence-corrected chi connectivity index (χ1v) is 15.5. The van der Waals surface area contributed by atoms with Crippen molar-refractivity contribution in [2.24, 2.45) is 0 Å². The largest absolute Gasteiger partial charge is 0.411 e. The molecule has 3 nitrogen and oxygen atoms in total. The Morgan fingerprint density at radius 2 is 1.76 bits per heavy atom. The fraction of sp³-hybridized carbons (Fsp3) is 0.586. The van der Waals surface area contributed by atoms with E-state index in [4.69, 9.17) is 14.3 Å². The summed E-state index contributed by atoms with van der Waals surface area (Å²) < 4.78 is 12.4. The molecule has 0 spiro atoms. The predicted octanol–water partition coefficient (Wildman–Crippen LogP) is 7.99. The molecular weight excluding hydrogens is 424 g/mol. The van der Waals surface area contributed by atoms with Crippen molar-refractivity contribution in [2.45, 2.75) is 97.1 Å². The summed E-state index contributed by atoms with van der Waals surface area (Å²) in [5, 5.41) is 9.37. The Hall–Kier alpha value is -1.46. The summed E-state index contributed by atoms with van der Waals surface area (Å²) >= 11 is 0. The molecule has 1 atom stereocenters. The van der Waals surface area contributed by atoms with E-state index in [1.165, 1.54) is 5.56 Å². The van der Waals surface area contributed by atoms with E-state index in [2.05, 4.69) is 76.4 Å². The van der Waals surface area contributed by atoms with Gasteiger partial charge in [0, 0.05) is 6.61 Å². The van der Waals surface area contributed by atoms with Gasteiger partial charge in [-0.2, -0.15) is 0 Å². The van der Waals surface area contributed by atoms with Gasteiger partial charge in [0.15, 0.2) is 8.32 Å². The highest BCUT2D eigenvalue weighted by atomic mass is 28.4. The van der Waals surface area contributed by atoms with Gasteiger partial charge >= 0.3 is 0 Å². The molecule has 1 aromatic carbocycles. The maximum atomic E-state index is 9.17. The van der Waals surface area contributed by atoms with Crippen molar-refractivity contribution in [3.63, 3.8) is 0 Å². The number of benzene rings is 1. The molecular formula is C29H48O3Si. The van der Waals surface area contributed by atoms with Crippen LogP contribution in [0.3, 0.4) is 0 Å². The number of aliphatic hydroxyl groups excluding tert-OH is 1. The lowest BCUT2D eigenvalue weighted by atomic mass is 10.1. The fourth-order valence-electron chi connectivity index (χ4n) is 3.08. The summed E-state index contributed by atoms with van der Waals surface area (Å²) in [5.74, 6) is 0. The van der Waals surface area contributed by atoms with Crippen LogP contribution in [0.2, 0.25) is 18.1 Å². The van der Waals surface area contributed by atoms with Crippen molar-refractivity contribution < 1.29 is 14.3 Å². The van der Waals surface area contributed by atoms with Gasteiger partial charge in [-0.25, -0.2) is 0 Å². The van der Waals surface area contributed by atoms with Crippen LogP contribution in [-0.4, -0.2) is 32.7 Å². The molecule has 1 N–H and O–H groups in total. The Kier molecular flexibility index (Phi) is 14.5. The average molecular weight is 473 g/mol. The molecule has 0 bridgehead atoms. The maximum absolute atomic E-state index is 9.17. The molecule has 0 aromatic heterocycles. The Labute approximate surface area is 204 Å². The maximum Gasteiger partial charge on any atom is 0.192 e. The SMILES string of the molecule is CC(=CCCCC(C=CC=CCCCCOCc1ccccc1)O[Si](C)(C)C(C)(C)C)CO. The van der Waals surface area contributed by atoms with E-state index in [9.17, 15) is 0 Å². The van der Waals surface area contributed by atoms with Crippen LogP contribution in [0.15, 0.2) is 66.3 Å². The molecule has 1 aromatic rings. The van der Waals surface area contributed by atoms with E-state index >= 15 is 0 Å². The van der Waals surface area contributed by atoms with Crippen molar-refractivity contribution in [1.29, 1.82) is 0 Å². The monoisotopic (exact) mass is 472 g/mol. The molecule has 0 saturated heterocycles. The van der Waals surface area contributed by atoms with Crippen LogP contribution in [0.25, 0.3) is 0 Å². The molecule has 0 amide bonds. The summed E-state index contributed by atoms with van der Waals surface area (Å²) in [4.78, 5) is 0. The van der Waals surface area contributed by atoms with Gasteiger partial charge < -0.3 is 14.3 Å². The molecule has 0 fully saturated rings. The highest BCUT2D eigenvalue weighted by Gasteiger charge is 2.38. The number of unbranched alkanes of at least 4 members (excludes halogenated alkanes) is 3. The van der Waals surface area contributed by atoms with Crippen molar-refractivity contribution in [1.82, 2.24) is 0 Å². The topological polar surface area (TPSA) is 38.7 Å². The van der Waals surface area contributed by atoms with Crippen LogP contribution < -0.4 is 0 Å². The molecule has 0 aliphatic carbocycles. The Morgan fingerprint density at radius 1 is 1.03 bits per heavy atom. The summed E-state index contributed by atoms with van der Waals surface area (Å²) in [6.45, 7) is 15.1. The number of ether oxygens (including phenoxy) is 1. The minimum atomic E-state index is -1.82. The molecule has 0 heterocycles. The summed E-state index contributed by atoms with van der Waals surface area (Å²) in [7, 11) is -1.82. The van der Waals surface area contributed by atoms with Crippen molar-refractivity contribution in [3.8, 4) is 0 Å². The molecule has 33 heavy (non-hydrogen) atoms. The van der Waals surface area contributed by atoms with Crippen molar-refractivity contribution in [2.75, 3.05) is 13.2 Å². The van der Waals surface area contributed by atoms with Gasteiger partial charge in [0.1, 0.15) is 0 Å². The zero-order chi connectivity index (χ0) is 24.6. The van der Waals surface area contributed by atoms with Gasteiger partial charge in [-0.05, 0) is 69.1 Å². The van der Waals surface area contributed by atoms with Crippen LogP contribution in [0, 0.1) is 0 Å². The molecule has 0 aliphatic heterocycles. The summed E-state index contributed by atoms with van der Waals surface area (Å²) in [5.41, 5.74) is 2.28. The normalized spacial score (nSPS) is 14.5. The lowest BCUT2D eigenvalue weighted by Crippen LogP contribution is -2.43. The Morgan fingerprint density at radius 3 is 2.42 bits per heavy atom. The van der Waals surface area contributed by atoms with Crippen LogP contribution in [0.1, 0.15) is 71.8 Å². The van der Waals surface area contributed by atoms with Gasteiger partial charge in [-0.15, -0.1) is 0 Å². The molecule has 1 unspecified atom stereocenters. The lowest BCUT2D eigenvalue weighted by molar-refractivity contribution is 0.117. The van der Waals surface area contributed by atoms with Gasteiger partial charge in [-0.1, -0.05) is 87.1 Å². The first kappa shape index (κ1) is 29.6. The second-order valence-corrected chi connectivity index (χ2v) is 15.2. The quantitative estimate of drug-likeness (QED) is 0.115. The number of hydrogen-bond donors (Lipinski definition) is 1. The fourth-order valence-corrected chi connectivity index (χ4v) is 4.38. The summed E-state index contributed by atoms with van der Waals surface area (Å²) in [6, 6.07) is 10.3. The van der Waals surface area contributed by atoms with Crippen LogP contribution >= 0.6 is 0 Å². The third kappa shape index (κ3) is 13.7. The third-order valence-electron chi connectivity index (χ3n) is 6.28. The Balaban J connectivity index is 2.39. The van der Waals surface area contributed by atoms with E-state index in [-0.39, 0.29) is 17.7 Å². The molecule has 0 radical (unpaired) electrons. The number of aliphatic hydroxyl groups is 1. The summed E-state index contributed by atoms with van der Waals surface area (Å²) in [6.07, 6.45) is 17.4. The van der Waals surface area contributed by atoms with Crippen LogP contribution in [-0.2, 0) is 15.8 Å². The number of allylic oxidation sites excluding steroid dienone is 4. The molecule has 0 aliphatic rings. The van der Waals surface area contributed by atoms with Gasteiger partial charge in [0.25, 0.3) is 0 Å². The smallest absolute Gasteiger partial charge is 0.192 e.